The maximum Gasteiger partial charge on any atom is 0.182 e. The van der Waals surface area contributed by atoms with E-state index in [1.807, 2.05) is 43.5 Å². The molecule has 96 valence electrons. The lowest BCUT2D eigenvalue weighted by atomic mass is 10.2. The minimum Gasteiger partial charge on any atom is -0.495 e. The van der Waals surface area contributed by atoms with Gasteiger partial charge in [-0.05, 0) is 36.8 Å². The molecular weight excluding hydrogens is 240 g/mol. The SMILES string of the molecule is COc1ccc(-c2nc3ccc(C)cn3n2)cc1N. The molecule has 0 saturated carbocycles. The van der Waals surface area contributed by atoms with Gasteiger partial charge in [-0.3, -0.25) is 0 Å². The Morgan fingerprint density at radius 3 is 2.79 bits per heavy atom. The predicted molar refractivity (Wildman–Crippen MR) is 74.1 cm³/mol. The van der Waals surface area contributed by atoms with Crippen LogP contribution in [0.4, 0.5) is 5.69 Å². The minimum atomic E-state index is 0.579. The van der Waals surface area contributed by atoms with E-state index in [-0.39, 0.29) is 0 Å². The van der Waals surface area contributed by atoms with E-state index in [9.17, 15) is 0 Å². The van der Waals surface area contributed by atoms with Crippen molar-refractivity contribution in [2.75, 3.05) is 12.8 Å². The number of fused-ring (bicyclic) bond motifs is 1. The summed E-state index contributed by atoms with van der Waals surface area (Å²) in [7, 11) is 1.59. The molecule has 2 aromatic heterocycles. The Balaban J connectivity index is 2.11. The van der Waals surface area contributed by atoms with Crippen LogP contribution in [0.2, 0.25) is 0 Å². The summed E-state index contributed by atoms with van der Waals surface area (Å²) < 4.78 is 6.91. The van der Waals surface area contributed by atoms with Crippen molar-refractivity contribution in [3.05, 3.63) is 42.1 Å². The van der Waals surface area contributed by atoms with Crippen molar-refractivity contribution in [1.29, 1.82) is 0 Å². The quantitative estimate of drug-likeness (QED) is 0.713. The summed E-state index contributed by atoms with van der Waals surface area (Å²) in [6.45, 7) is 2.02. The molecule has 5 heteroatoms. The fraction of sp³-hybridized carbons (Fsp3) is 0.143. The third-order valence-electron chi connectivity index (χ3n) is 2.97. The van der Waals surface area contributed by atoms with Gasteiger partial charge in [-0.2, -0.15) is 0 Å². The van der Waals surface area contributed by atoms with E-state index in [4.69, 9.17) is 10.5 Å². The number of benzene rings is 1. The van der Waals surface area contributed by atoms with Gasteiger partial charge in [0.15, 0.2) is 11.5 Å². The van der Waals surface area contributed by atoms with Gasteiger partial charge in [0.1, 0.15) is 5.75 Å². The molecule has 0 aliphatic rings. The zero-order valence-corrected chi connectivity index (χ0v) is 10.8. The molecule has 0 aliphatic carbocycles. The molecule has 3 aromatic rings. The number of methoxy groups -OCH3 is 1. The first-order valence-corrected chi connectivity index (χ1v) is 5.94. The normalized spacial score (nSPS) is 10.8. The number of anilines is 1. The summed E-state index contributed by atoms with van der Waals surface area (Å²) in [4.78, 5) is 4.48. The lowest BCUT2D eigenvalue weighted by molar-refractivity contribution is 0.417. The van der Waals surface area contributed by atoms with E-state index in [1.165, 1.54) is 0 Å². The number of aromatic nitrogens is 3. The number of nitrogens with two attached hydrogens (primary N) is 1. The number of nitrogen functional groups attached to an aromatic ring is 1. The molecule has 2 N–H and O–H groups in total. The average molecular weight is 254 g/mol. The highest BCUT2D eigenvalue weighted by Crippen LogP contribution is 2.26. The van der Waals surface area contributed by atoms with Crippen molar-refractivity contribution >= 4 is 11.3 Å². The number of nitrogens with zero attached hydrogens (tertiary/aromatic N) is 3. The number of pyridine rings is 1. The van der Waals surface area contributed by atoms with Gasteiger partial charge in [-0.25, -0.2) is 9.50 Å². The largest absolute Gasteiger partial charge is 0.495 e. The zero-order chi connectivity index (χ0) is 13.4. The van der Waals surface area contributed by atoms with E-state index >= 15 is 0 Å². The van der Waals surface area contributed by atoms with Crippen molar-refractivity contribution in [2.45, 2.75) is 6.92 Å². The van der Waals surface area contributed by atoms with Gasteiger partial charge in [0.05, 0.1) is 12.8 Å². The molecule has 5 nitrogen and oxygen atoms in total. The number of hydrogen-bond acceptors (Lipinski definition) is 4. The second-order valence-electron chi connectivity index (χ2n) is 4.40. The number of aryl methyl sites for hydroxylation is 1. The topological polar surface area (TPSA) is 65.4 Å². The van der Waals surface area contributed by atoms with Crippen molar-refractivity contribution in [2.24, 2.45) is 0 Å². The first kappa shape index (κ1) is 11.5. The molecule has 0 unspecified atom stereocenters. The standard InChI is InChI=1S/C14H14N4O/c1-9-3-6-13-16-14(17-18(13)8-9)10-4-5-12(19-2)11(15)7-10/h3-8H,15H2,1-2H3. The van der Waals surface area contributed by atoms with Gasteiger partial charge in [0.25, 0.3) is 0 Å². The molecule has 0 atom stereocenters. The number of rotatable bonds is 2. The first-order chi connectivity index (χ1) is 9.17. The van der Waals surface area contributed by atoms with Gasteiger partial charge < -0.3 is 10.5 Å². The molecule has 0 amide bonds. The average Bonchev–Trinajstić information content (AvgIpc) is 2.81. The van der Waals surface area contributed by atoms with Crippen molar-refractivity contribution < 1.29 is 4.74 Å². The smallest absolute Gasteiger partial charge is 0.182 e. The summed E-state index contributed by atoms with van der Waals surface area (Å²) in [5, 5.41) is 4.45. The highest BCUT2D eigenvalue weighted by atomic mass is 16.5. The van der Waals surface area contributed by atoms with Crippen LogP contribution < -0.4 is 10.5 Å². The number of hydrogen-bond donors (Lipinski definition) is 1. The fourth-order valence-electron chi connectivity index (χ4n) is 1.98. The Kier molecular flexibility index (Phi) is 2.59. The van der Waals surface area contributed by atoms with Crippen LogP contribution >= 0.6 is 0 Å². The van der Waals surface area contributed by atoms with Gasteiger partial charge in [-0.15, -0.1) is 5.10 Å². The molecule has 0 saturated heterocycles. The maximum atomic E-state index is 5.90. The van der Waals surface area contributed by atoms with E-state index in [1.54, 1.807) is 11.6 Å². The molecule has 1 aromatic carbocycles. The zero-order valence-electron chi connectivity index (χ0n) is 10.8. The molecule has 0 aliphatic heterocycles. The van der Waals surface area contributed by atoms with Crippen LogP contribution in [0.15, 0.2) is 36.5 Å². The molecule has 0 spiro atoms. The summed E-state index contributed by atoms with van der Waals surface area (Å²) in [6.07, 6.45) is 1.94. The summed E-state index contributed by atoms with van der Waals surface area (Å²) >= 11 is 0. The lowest BCUT2D eigenvalue weighted by Crippen LogP contribution is -1.93. The Morgan fingerprint density at radius 2 is 2.05 bits per heavy atom. The Bertz CT molecular complexity index is 748. The second kappa shape index (κ2) is 4.28. The van der Waals surface area contributed by atoms with Crippen molar-refractivity contribution in [3.63, 3.8) is 0 Å². The summed E-state index contributed by atoms with van der Waals surface area (Å²) in [6, 6.07) is 9.49. The summed E-state index contributed by atoms with van der Waals surface area (Å²) in [5.41, 5.74) is 9.31. The van der Waals surface area contributed by atoms with Gasteiger partial charge in [0, 0.05) is 11.8 Å². The second-order valence-corrected chi connectivity index (χ2v) is 4.40. The molecular formula is C14H14N4O. The van der Waals surface area contributed by atoms with E-state index in [0.29, 0.717) is 17.3 Å². The van der Waals surface area contributed by atoms with Crippen LogP contribution in [-0.4, -0.2) is 21.7 Å². The van der Waals surface area contributed by atoms with Crippen molar-refractivity contribution in [3.8, 4) is 17.1 Å². The Hall–Kier alpha value is -2.56. The lowest BCUT2D eigenvalue weighted by Gasteiger charge is -2.04. The Morgan fingerprint density at radius 1 is 1.21 bits per heavy atom. The molecule has 0 radical (unpaired) electrons. The van der Waals surface area contributed by atoms with Crippen molar-refractivity contribution in [1.82, 2.24) is 14.6 Å². The predicted octanol–water partition coefficient (Wildman–Crippen LogP) is 2.30. The van der Waals surface area contributed by atoms with Crippen LogP contribution in [0, 0.1) is 6.92 Å². The first-order valence-electron chi connectivity index (χ1n) is 5.94. The summed E-state index contributed by atoms with van der Waals surface area (Å²) in [5.74, 6) is 1.31. The van der Waals surface area contributed by atoms with Gasteiger partial charge >= 0.3 is 0 Å². The van der Waals surface area contributed by atoms with Crippen LogP contribution in [-0.2, 0) is 0 Å². The molecule has 2 heterocycles. The van der Waals surface area contributed by atoms with Crippen LogP contribution in [0.25, 0.3) is 17.0 Å². The molecule has 19 heavy (non-hydrogen) atoms. The van der Waals surface area contributed by atoms with E-state index < -0.39 is 0 Å². The monoisotopic (exact) mass is 254 g/mol. The van der Waals surface area contributed by atoms with Crippen LogP contribution in [0.1, 0.15) is 5.56 Å². The molecule has 3 rings (SSSR count). The molecule has 0 fully saturated rings. The fourth-order valence-corrected chi connectivity index (χ4v) is 1.98. The van der Waals surface area contributed by atoms with Gasteiger partial charge in [-0.1, -0.05) is 6.07 Å². The maximum absolute atomic E-state index is 5.90. The highest BCUT2D eigenvalue weighted by Gasteiger charge is 2.08. The number of ether oxygens (including phenoxy) is 1. The van der Waals surface area contributed by atoms with Gasteiger partial charge in [0.2, 0.25) is 0 Å². The minimum absolute atomic E-state index is 0.579. The van der Waals surface area contributed by atoms with E-state index in [0.717, 1.165) is 16.8 Å². The Labute approximate surface area is 110 Å². The highest BCUT2D eigenvalue weighted by molar-refractivity contribution is 5.67. The third-order valence-corrected chi connectivity index (χ3v) is 2.97. The molecule has 0 bridgehead atoms. The van der Waals surface area contributed by atoms with Crippen LogP contribution in [0.5, 0.6) is 5.75 Å². The van der Waals surface area contributed by atoms with E-state index in [2.05, 4.69) is 10.1 Å². The third kappa shape index (κ3) is 1.99. The van der Waals surface area contributed by atoms with Crippen LogP contribution in [0.3, 0.4) is 0 Å².